The summed E-state index contributed by atoms with van der Waals surface area (Å²) in [6, 6.07) is 0. The number of carbonyl (C=O) groups is 1. The molecule has 9 heteroatoms. The molecule has 4 rings (SSSR count). The van der Waals surface area contributed by atoms with Gasteiger partial charge in [-0.15, -0.1) is 10.2 Å². The minimum Gasteiger partial charge on any atom is -0.343 e. The lowest BCUT2D eigenvalue weighted by Crippen LogP contribution is -2.49. The van der Waals surface area contributed by atoms with Gasteiger partial charge in [0, 0.05) is 32.1 Å². The van der Waals surface area contributed by atoms with Crippen molar-refractivity contribution < 1.29 is 18.0 Å². The predicted octanol–water partition coefficient (Wildman–Crippen LogP) is 2.40. The van der Waals surface area contributed by atoms with E-state index < -0.39 is 11.2 Å². The number of alkyl halides is 3. The number of aromatic nitrogens is 2. The molecule has 0 aromatic carbocycles. The maximum Gasteiger partial charge on any atom is 0.445 e. The molecule has 2 saturated carbocycles. The Morgan fingerprint density at radius 3 is 2.35 bits per heavy atom. The molecule has 23 heavy (non-hydrogen) atoms. The van der Waals surface area contributed by atoms with Crippen LogP contribution in [0.3, 0.4) is 0 Å². The van der Waals surface area contributed by atoms with E-state index in [2.05, 4.69) is 10.2 Å². The molecule has 3 fully saturated rings. The Balaban J connectivity index is 1.34. The molecule has 2 heterocycles. The Hall–Kier alpha value is -1.38. The molecule has 0 N–H and O–H groups in total. The van der Waals surface area contributed by atoms with E-state index in [4.69, 9.17) is 0 Å². The first-order valence-corrected chi connectivity index (χ1v) is 8.65. The molecule has 1 aromatic heterocycles. The summed E-state index contributed by atoms with van der Waals surface area (Å²) in [4.78, 5) is 16.1. The number of hydrogen-bond donors (Lipinski definition) is 0. The standard InChI is InChI=1S/C14H17F3N4OS/c15-14(16,17)11-18-19-12(23-11)21-6-4-20(5-7-21)10(22)9-8-13(9)2-1-3-13/h9H,1-8H2. The molecule has 1 aromatic rings. The van der Waals surface area contributed by atoms with E-state index in [1.165, 1.54) is 19.3 Å². The molecule has 1 atom stereocenters. The zero-order valence-corrected chi connectivity index (χ0v) is 13.3. The van der Waals surface area contributed by atoms with Gasteiger partial charge in [-0.1, -0.05) is 17.8 Å². The van der Waals surface area contributed by atoms with Gasteiger partial charge in [-0.2, -0.15) is 13.2 Å². The van der Waals surface area contributed by atoms with Gasteiger partial charge >= 0.3 is 6.18 Å². The maximum atomic E-state index is 12.6. The molecule has 1 unspecified atom stereocenters. The summed E-state index contributed by atoms with van der Waals surface area (Å²) in [5.74, 6) is 0.429. The van der Waals surface area contributed by atoms with Crippen LogP contribution in [0.15, 0.2) is 0 Å². The highest BCUT2D eigenvalue weighted by molar-refractivity contribution is 7.15. The lowest BCUT2D eigenvalue weighted by molar-refractivity contribution is -0.138. The quantitative estimate of drug-likeness (QED) is 0.825. The SMILES string of the molecule is O=C(C1CC12CCC2)N1CCN(c2nnc(C(F)(F)F)s2)CC1. The minimum atomic E-state index is -4.45. The molecule has 5 nitrogen and oxygen atoms in total. The average molecular weight is 346 g/mol. The molecule has 3 aliphatic rings. The Morgan fingerprint density at radius 2 is 1.87 bits per heavy atom. The maximum absolute atomic E-state index is 12.6. The van der Waals surface area contributed by atoms with Crippen LogP contribution in [0.4, 0.5) is 18.3 Å². The average Bonchev–Trinajstić information content (AvgIpc) is 3.06. The highest BCUT2D eigenvalue weighted by atomic mass is 32.1. The summed E-state index contributed by atoms with van der Waals surface area (Å²) in [7, 11) is 0. The van der Waals surface area contributed by atoms with Crippen molar-refractivity contribution in [3.63, 3.8) is 0 Å². The molecule has 0 radical (unpaired) electrons. The number of anilines is 1. The van der Waals surface area contributed by atoms with E-state index in [1.54, 1.807) is 4.90 Å². The lowest BCUT2D eigenvalue weighted by atomic mass is 9.79. The van der Waals surface area contributed by atoms with Crippen LogP contribution in [0.1, 0.15) is 30.7 Å². The smallest absolute Gasteiger partial charge is 0.343 e. The number of halogens is 3. The first-order chi connectivity index (χ1) is 10.9. The second-order valence-electron chi connectivity index (χ2n) is 6.67. The summed E-state index contributed by atoms with van der Waals surface area (Å²) in [5, 5.41) is 6.22. The van der Waals surface area contributed by atoms with Gasteiger partial charge in [-0.3, -0.25) is 4.79 Å². The van der Waals surface area contributed by atoms with E-state index in [0.717, 1.165) is 6.42 Å². The van der Waals surface area contributed by atoms with Gasteiger partial charge in [0.2, 0.25) is 16.0 Å². The third-order valence-electron chi connectivity index (χ3n) is 5.36. The van der Waals surface area contributed by atoms with Crippen LogP contribution >= 0.6 is 11.3 Å². The number of amides is 1. The molecule has 1 spiro atoms. The number of rotatable bonds is 2. The van der Waals surface area contributed by atoms with Gasteiger partial charge in [-0.05, 0) is 24.7 Å². The summed E-state index contributed by atoms with van der Waals surface area (Å²) < 4.78 is 37.7. The fourth-order valence-electron chi connectivity index (χ4n) is 3.68. The molecular formula is C14H17F3N4OS. The number of hydrogen-bond acceptors (Lipinski definition) is 5. The number of nitrogens with zero attached hydrogens (tertiary/aromatic N) is 4. The number of carbonyl (C=O) groups excluding carboxylic acids is 1. The lowest BCUT2D eigenvalue weighted by Gasteiger charge is -2.35. The van der Waals surface area contributed by atoms with Gasteiger partial charge < -0.3 is 9.80 Å². The zero-order valence-electron chi connectivity index (χ0n) is 12.5. The molecule has 1 amide bonds. The van der Waals surface area contributed by atoms with Crippen LogP contribution in [-0.2, 0) is 11.0 Å². The molecule has 1 aliphatic heterocycles. The van der Waals surface area contributed by atoms with E-state index in [0.29, 0.717) is 42.9 Å². The largest absolute Gasteiger partial charge is 0.445 e. The fourth-order valence-corrected chi connectivity index (χ4v) is 4.44. The molecule has 1 saturated heterocycles. The van der Waals surface area contributed by atoms with Gasteiger partial charge in [0.1, 0.15) is 0 Å². The third-order valence-corrected chi connectivity index (χ3v) is 6.38. The van der Waals surface area contributed by atoms with Crippen LogP contribution in [0.5, 0.6) is 0 Å². The predicted molar refractivity (Wildman–Crippen MR) is 78.1 cm³/mol. The van der Waals surface area contributed by atoms with Crippen molar-refractivity contribution >= 4 is 22.4 Å². The van der Waals surface area contributed by atoms with Crippen LogP contribution < -0.4 is 4.90 Å². The van der Waals surface area contributed by atoms with Crippen LogP contribution in [0.25, 0.3) is 0 Å². The first kappa shape index (κ1) is 15.2. The Bertz CT molecular complexity index is 620. The van der Waals surface area contributed by atoms with E-state index in [1.807, 2.05) is 4.90 Å². The Labute approximate surface area is 135 Å². The summed E-state index contributed by atoms with van der Waals surface area (Å²) in [6.07, 6.45) is 0.160. The van der Waals surface area contributed by atoms with Crippen molar-refractivity contribution in [2.24, 2.45) is 11.3 Å². The minimum absolute atomic E-state index is 0.196. The Morgan fingerprint density at radius 1 is 1.17 bits per heavy atom. The highest BCUT2D eigenvalue weighted by Gasteiger charge is 2.61. The number of piperazine rings is 1. The van der Waals surface area contributed by atoms with Gasteiger partial charge in [0.25, 0.3) is 0 Å². The molecule has 0 bridgehead atoms. The van der Waals surface area contributed by atoms with Crippen LogP contribution in [0.2, 0.25) is 0 Å². The van der Waals surface area contributed by atoms with Crippen molar-refractivity contribution in [1.29, 1.82) is 0 Å². The van der Waals surface area contributed by atoms with E-state index in [-0.39, 0.29) is 17.0 Å². The summed E-state index contributed by atoms with van der Waals surface area (Å²) in [6.45, 7) is 2.12. The highest BCUT2D eigenvalue weighted by Crippen LogP contribution is 2.65. The van der Waals surface area contributed by atoms with Crippen molar-refractivity contribution in [2.45, 2.75) is 31.9 Å². The van der Waals surface area contributed by atoms with Crippen molar-refractivity contribution in [2.75, 3.05) is 31.1 Å². The van der Waals surface area contributed by atoms with Crippen molar-refractivity contribution in [1.82, 2.24) is 15.1 Å². The second kappa shape index (κ2) is 5.06. The normalized spacial score (nSPS) is 26.3. The summed E-state index contributed by atoms with van der Waals surface area (Å²) >= 11 is 0.562. The zero-order chi connectivity index (χ0) is 16.2. The van der Waals surface area contributed by atoms with Gasteiger partial charge in [-0.25, -0.2) is 0 Å². The third kappa shape index (κ3) is 2.58. The molecule has 126 valence electrons. The van der Waals surface area contributed by atoms with Gasteiger partial charge in [0.05, 0.1) is 0 Å². The first-order valence-electron chi connectivity index (χ1n) is 7.83. The van der Waals surface area contributed by atoms with Crippen LogP contribution in [0, 0.1) is 11.3 Å². The Kier molecular flexibility index (Phi) is 3.33. The summed E-state index contributed by atoms with van der Waals surface area (Å²) in [5.41, 5.74) is 0.315. The van der Waals surface area contributed by atoms with E-state index >= 15 is 0 Å². The van der Waals surface area contributed by atoms with Crippen molar-refractivity contribution in [3.05, 3.63) is 5.01 Å². The van der Waals surface area contributed by atoms with Crippen LogP contribution in [-0.4, -0.2) is 47.2 Å². The molecular weight excluding hydrogens is 329 g/mol. The fraction of sp³-hybridized carbons (Fsp3) is 0.786. The van der Waals surface area contributed by atoms with E-state index in [9.17, 15) is 18.0 Å². The van der Waals surface area contributed by atoms with Crippen molar-refractivity contribution in [3.8, 4) is 0 Å². The monoisotopic (exact) mass is 346 g/mol. The van der Waals surface area contributed by atoms with Gasteiger partial charge in [0.15, 0.2) is 0 Å². The topological polar surface area (TPSA) is 49.3 Å². The second-order valence-corrected chi connectivity index (χ2v) is 7.63. The molecule has 2 aliphatic carbocycles.